The Morgan fingerprint density at radius 1 is 1.36 bits per heavy atom. The van der Waals surface area contributed by atoms with E-state index < -0.39 is 10.8 Å². The van der Waals surface area contributed by atoms with E-state index in [2.05, 4.69) is 0 Å². The van der Waals surface area contributed by atoms with Gasteiger partial charge >= 0.3 is 0 Å². The van der Waals surface area contributed by atoms with Gasteiger partial charge < -0.3 is 5.73 Å². The molecule has 0 aliphatic heterocycles. The molecule has 0 bridgehead atoms. The first-order chi connectivity index (χ1) is 5.34. The molecule has 2 N–H and O–H groups in total. The second-order valence-electron chi connectivity index (χ2n) is 3.13. The quantitative estimate of drug-likeness (QED) is 0.693. The van der Waals surface area contributed by atoms with E-state index >= 15 is 0 Å². The van der Waals surface area contributed by atoms with Crippen LogP contribution in [0.2, 0.25) is 0 Å². The van der Waals surface area contributed by atoms with Crippen molar-refractivity contribution < 1.29 is 4.21 Å². The Balaban J connectivity index is 2.17. The van der Waals surface area contributed by atoms with Gasteiger partial charge in [-0.05, 0) is 25.8 Å². The molecule has 11 heavy (non-hydrogen) atoms. The number of hydrogen-bond donors (Lipinski definition) is 1. The van der Waals surface area contributed by atoms with Crippen LogP contribution < -0.4 is 5.73 Å². The second-order valence-corrected chi connectivity index (χ2v) is 4.97. The van der Waals surface area contributed by atoms with Gasteiger partial charge in [-0.2, -0.15) is 0 Å². The fourth-order valence-corrected chi connectivity index (χ4v) is 3.19. The topological polar surface area (TPSA) is 43.1 Å². The van der Waals surface area contributed by atoms with Crippen molar-refractivity contribution in [3.05, 3.63) is 0 Å². The lowest BCUT2D eigenvalue weighted by molar-refractivity contribution is 0.666. The van der Waals surface area contributed by atoms with Crippen LogP contribution in [0.15, 0.2) is 0 Å². The van der Waals surface area contributed by atoms with Crippen LogP contribution in [0.25, 0.3) is 0 Å². The minimum absolute atomic E-state index is 0.501. The van der Waals surface area contributed by atoms with E-state index in [9.17, 15) is 4.21 Å². The van der Waals surface area contributed by atoms with E-state index in [1.54, 1.807) is 0 Å². The Morgan fingerprint density at radius 3 is 2.55 bits per heavy atom. The molecule has 0 aromatic rings. The molecule has 0 aromatic heterocycles. The summed E-state index contributed by atoms with van der Waals surface area (Å²) in [5, 5.41) is 0.501. The van der Waals surface area contributed by atoms with E-state index in [4.69, 9.17) is 5.73 Å². The van der Waals surface area contributed by atoms with Crippen molar-refractivity contribution in [1.29, 1.82) is 0 Å². The standard InChI is InChI=1S/C8H17NOS/c9-6-3-7-11(10)8-4-1-2-5-8/h8H,1-7,9H2. The molecule has 0 aromatic carbocycles. The third-order valence-electron chi connectivity index (χ3n) is 2.22. The number of hydrogen-bond acceptors (Lipinski definition) is 2. The zero-order valence-corrected chi connectivity index (χ0v) is 7.74. The van der Waals surface area contributed by atoms with Gasteiger partial charge in [0.15, 0.2) is 0 Å². The lowest BCUT2D eigenvalue weighted by Gasteiger charge is -2.07. The monoisotopic (exact) mass is 175 g/mol. The summed E-state index contributed by atoms with van der Waals surface area (Å²) < 4.78 is 11.5. The summed E-state index contributed by atoms with van der Waals surface area (Å²) in [6.45, 7) is 0.679. The SMILES string of the molecule is NCCCS(=O)C1CCCC1. The van der Waals surface area contributed by atoms with Gasteiger partial charge in [0.2, 0.25) is 0 Å². The number of rotatable bonds is 4. The molecule has 1 unspecified atom stereocenters. The van der Waals surface area contributed by atoms with Gasteiger partial charge in [0.25, 0.3) is 0 Å². The van der Waals surface area contributed by atoms with Crippen LogP contribution in [0.1, 0.15) is 32.1 Å². The Hall–Kier alpha value is 0.110. The average molecular weight is 175 g/mol. The zero-order chi connectivity index (χ0) is 8.10. The molecule has 3 heteroatoms. The molecule has 0 saturated heterocycles. The van der Waals surface area contributed by atoms with Crippen LogP contribution in [0.3, 0.4) is 0 Å². The molecule has 0 heterocycles. The summed E-state index contributed by atoms with van der Waals surface area (Å²) in [7, 11) is -0.575. The second kappa shape index (κ2) is 4.88. The van der Waals surface area contributed by atoms with Gasteiger partial charge in [-0.25, -0.2) is 0 Å². The van der Waals surface area contributed by atoms with Gasteiger partial charge in [0, 0.05) is 21.8 Å². The summed E-state index contributed by atoms with van der Waals surface area (Å²) >= 11 is 0. The van der Waals surface area contributed by atoms with Gasteiger partial charge in [0.1, 0.15) is 0 Å². The normalized spacial score (nSPS) is 22.3. The van der Waals surface area contributed by atoms with Crippen LogP contribution in [0.4, 0.5) is 0 Å². The van der Waals surface area contributed by atoms with Crippen molar-refractivity contribution in [2.24, 2.45) is 5.73 Å². The third-order valence-corrected chi connectivity index (χ3v) is 4.13. The Kier molecular flexibility index (Phi) is 4.08. The molecular formula is C8H17NOS. The van der Waals surface area contributed by atoms with Crippen molar-refractivity contribution in [3.8, 4) is 0 Å². The molecule has 0 radical (unpaired) electrons. The largest absolute Gasteiger partial charge is 0.330 e. The summed E-state index contributed by atoms with van der Waals surface area (Å²) in [5.74, 6) is 0.821. The van der Waals surface area contributed by atoms with E-state index in [1.807, 2.05) is 0 Å². The molecule has 66 valence electrons. The van der Waals surface area contributed by atoms with E-state index in [0.717, 1.165) is 12.2 Å². The van der Waals surface area contributed by atoms with Crippen LogP contribution in [0.5, 0.6) is 0 Å². The fraction of sp³-hybridized carbons (Fsp3) is 1.00. The van der Waals surface area contributed by atoms with Gasteiger partial charge in [-0.15, -0.1) is 0 Å². The molecular weight excluding hydrogens is 158 g/mol. The molecule has 1 aliphatic rings. The first kappa shape index (κ1) is 9.20. The first-order valence-corrected chi connectivity index (χ1v) is 5.80. The molecule has 1 saturated carbocycles. The molecule has 1 rings (SSSR count). The summed E-state index contributed by atoms with van der Waals surface area (Å²) in [6, 6.07) is 0. The Bertz CT molecular complexity index is 132. The molecule has 0 amide bonds. The maximum atomic E-state index is 11.5. The van der Waals surface area contributed by atoms with Crippen LogP contribution in [0, 0.1) is 0 Å². The van der Waals surface area contributed by atoms with Gasteiger partial charge in [0.05, 0.1) is 0 Å². The van der Waals surface area contributed by atoms with Crippen molar-refractivity contribution in [1.82, 2.24) is 0 Å². The van der Waals surface area contributed by atoms with Crippen molar-refractivity contribution in [2.45, 2.75) is 37.4 Å². The highest BCUT2D eigenvalue weighted by molar-refractivity contribution is 7.85. The van der Waals surface area contributed by atoms with Crippen LogP contribution >= 0.6 is 0 Å². The predicted octanol–water partition coefficient (Wildman–Crippen LogP) is 1.03. The van der Waals surface area contributed by atoms with Crippen molar-refractivity contribution in [3.63, 3.8) is 0 Å². The van der Waals surface area contributed by atoms with Crippen molar-refractivity contribution in [2.75, 3.05) is 12.3 Å². The Labute approximate surface area is 71.0 Å². The van der Waals surface area contributed by atoms with E-state index in [0.29, 0.717) is 11.8 Å². The lowest BCUT2D eigenvalue weighted by atomic mass is 10.4. The summed E-state index contributed by atoms with van der Waals surface area (Å²) in [5.41, 5.74) is 5.34. The van der Waals surface area contributed by atoms with E-state index in [1.165, 1.54) is 25.7 Å². The first-order valence-electron chi connectivity index (χ1n) is 4.42. The summed E-state index contributed by atoms with van der Waals surface area (Å²) in [6.07, 6.45) is 5.83. The Morgan fingerprint density at radius 2 is 2.00 bits per heavy atom. The maximum absolute atomic E-state index is 11.5. The predicted molar refractivity (Wildman–Crippen MR) is 48.9 cm³/mol. The van der Waals surface area contributed by atoms with Crippen molar-refractivity contribution >= 4 is 10.8 Å². The average Bonchev–Trinajstić information content (AvgIpc) is 2.52. The smallest absolute Gasteiger partial charge is 0.0348 e. The molecule has 1 aliphatic carbocycles. The van der Waals surface area contributed by atoms with Gasteiger partial charge in [-0.3, -0.25) is 4.21 Å². The van der Waals surface area contributed by atoms with Crippen LogP contribution in [-0.2, 0) is 10.8 Å². The van der Waals surface area contributed by atoms with Crippen LogP contribution in [-0.4, -0.2) is 21.8 Å². The molecule has 0 spiro atoms. The highest BCUT2D eigenvalue weighted by atomic mass is 32.2. The zero-order valence-electron chi connectivity index (χ0n) is 6.92. The molecule has 1 fully saturated rings. The molecule has 2 nitrogen and oxygen atoms in total. The van der Waals surface area contributed by atoms with Gasteiger partial charge in [-0.1, -0.05) is 12.8 Å². The third kappa shape index (κ3) is 2.91. The maximum Gasteiger partial charge on any atom is 0.0348 e. The lowest BCUT2D eigenvalue weighted by Crippen LogP contribution is -2.15. The highest BCUT2D eigenvalue weighted by Crippen LogP contribution is 2.22. The summed E-state index contributed by atoms with van der Waals surface area (Å²) in [4.78, 5) is 0. The molecule has 1 atom stereocenters. The minimum atomic E-state index is -0.575. The minimum Gasteiger partial charge on any atom is -0.330 e. The highest BCUT2D eigenvalue weighted by Gasteiger charge is 2.20. The van der Waals surface area contributed by atoms with E-state index in [-0.39, 0.29) is 0 Å². The fourth-order valence-electron chi connectivity index (χ4n) is 1.54. The number of nitrogens with two attached hydrogens (primary N) is 1.